The highest BCUT2D eigenvalue weighted by Gasteiger charge is 2.28. The summed E-state index contributed by atoms with van der Waals surface area (Å²) in [5, 5.41) is 4.98. The molecule has 2 aromatic carbocycles. The van der Waals surface area contributed by atoms with E-state index >= 15 is 0 Å². The van der Waals surface area contributed by atoms with Crippen molar-refractivity contribution in [2.24, 2.45) is 0 Å². The molecule has 26 heavy (non-hydrogen) atoms. The van der Waals surface area contributed by atoms with Crippen LogP contribution in [-0.2, 0) is 14.3 Å². The first-order valence-electron chi connectivity index (χ1n) is 8.64. The van der Waals surface area contributed by atoms with Crippen LogP contribution >= 0.6 is 0 Å². The van der Waals surface area contributed by atoms with Gasteiger partial charge in [-0.1, -0.05) is 48.5 Å². The number of hydrogen-bond acceptors (Lipinski definition) is 4. The summed E-state index contributed by atoms with van der Waals surface area (Å²) in [7, 11) is 0. The van der Waals surface area contributed by atoms with Crippen LogP contribution in [0.2, 0.25) is 0 Å². The van der Waals surface area contributed by atoms with E-state index in [4.69, 9.17) is 9.47 Å². The number of rotatable bonds is 7. The van der Waals surface area contributed by atoms with Crippen LogP contribution in [0.1, 0.15) is 24.0 Å². The summed E-state index contributed by atoms with van der Waals surface area (Å²) in [5.74, 6) is -0.327. The van der Waals surface area contributed by atoms with Crippen molar-refractivity contribution in [2.45, 2.75) is 12.8 Å². The van der Waals surface area contributed by atoms with Crippen LogP contribution < -0.4 is 10.6 Å². The predicted octanol–water partition coefficient (Wildman–Crippen LogP) is 2.64. The van der Waals surface area contributed by atoms with Crippen LogP contribution in [0.15, 0.2) is 48.5 Å². The highest BCUT2D eigenvalue weighted by atomic mass is 16.5. The smallest absolute Gasteiger partial charge is 0.407 e. The number of carbonyl (C=O) groups excluding carboxylic acids is 2. The van der Waals surface area contributed by atoms with E-state index in [-0.39, 0.29) is 31.7 Å². The Morgan fingerprint density at radius 1 is 0.962 bits per heavy atom. The minimum atomic E-state index is -0.613. The van der Waals surface area contributed by atoms with Crippen molar-refractivity contribution in [2.75, 3.05) is 26.5 Å². The Morgan fingerprint density at radius 2 is 1.58 bits per heavy atom. The average molecular weight is 354 g/mol. The average Bonchev–Trinajstić information content (AvgIpc) is 2.99. The molecular formula is C20H22N2O4. The predicted molar refractivity (Wildman–Crippen MR) is 97.7 cm³/mol. The van der Waals surface area contributed by atoms with Gasteiger partial charge in [-0.25, -0.2) is 4.79 Å². The van der Waals surface area contributed by atoms with E-state index in [2.05, 4.69) is 34.9 Å². The van der Waals surface area contributed by atoms with Crippen molar-refractivity contribution in [1.82, 2.24) is 10.6 Å². The molecule has 2 aromatic rings. The van der Waals surface area contributed by atoms with Crippen molar-refractivity contribution in [1.29, 1.82) is 0 Å². The lowest BCUT2D eigenvalue weighted by atomic mass is 9.98. The summed E-state index contributed by atoms with van der Waals surface area (Å²) in [4.78, 5) is 23.5. The fourth-order valence-electron chi connectivity index (χ4n) is 3.10. The molecule has 0 aliphatic heterocycles. The maximum atomic E-state index is 11.9. The monoisotopic (exact) mass is 354 g/mol. The zero-order valence-electron chi connectivity index (χ0n) is 14.7. The topological polar surface area (TPSA) is 76.7 Å². The number of fused-ring (bicyclic) bond motifs is 3. The van der Waals surface area contributed by atoms with Crippen LogP contribution in [0.5, 0.6) is 0 Å². The number of amides is 2. The van der Waals surface area contributed by atoms with Crippen molar-refractivity contribution in [3.8, 4) is 11.1 Å². The Balaban J connectivity index is 1.55. The number of carbonyl (C=O) groups is 2. The third-order valence-electron chi connectivity index (χ3n) is 4.31. The second-order valence-electron chi connectivity index (χ2n) is 5.92. The van der Waals surface area contributed by atoms with Gasteiger partial charge in [0, 0.05) is 12.5 Å². The largest absolute Gasteiger partial charge is 0.449 e. The van der Waals surface area contributed by atoms with Gasteiger partial charge < -0.3 is 20.1 Å². The van der Waals surface area contributed by atoms with Gasteiger partial charge in [0.2, 0.25) is 5.91 Å². The maximum Gasteiger partial charge on any atom is 0.407 e. The van der Waals surface area contributed by atoms with Crippen molar-refractivity contribution >= 4 is 12.0 Å². The van der Waals surface area contributed by atoms with E-state index in [0.29, 0.717) is 6.61 Å². The molecule has 2 N–H and O–H groups in total. The van der Waals surface area contributed by atoms with Gasteiger partial charge in [-0.3, -0.25) is 4.79 Å². The molecule has 0 spiro atoms. The number of hydrogen-bond donors (Lipinski definition) is 2. The SMILES string of the molecule is CCOCNC(=O)CNC(=O)OCC1c2ccccc2-c2ccccc21. The summed E-state index contributed by atoms with van der Waals surface area (Å²) in [5.41, 5.74) is 4.65. The van der Waals surface area contributed by atoms with E-state index in [9.17, 15) is 9.59 Å². The summed E-state index contributed by atoms with van der Waals surface area (Å²) in [6.07, 6.45) is -0.613. The Morgan fingerprint density at radius 3 is 2.19 bits per heavy atom. The summed E-state index contributed by atoms with van der Waals surface area (Å²) < 4.78 is 10.4. The zero-order chi connectivity index (χ0) is 18.4. The van der Waals surface area contributed by atoms with E-state index < -0.39 is 6.09 Å². The normalized spacial score (nSPS) is 12.2. The molecule has 0 heterocycles. The Labute approximate surface area is 152 Å². The summed E-state index contributed by atoms with van der Waals surface area (Å²) >= 11 is 0. The van der Waals surface area contributed by atoms with Crippen molar-refractivity contribution < 1.29 is 19.1 Å². The van der Waals surface area contributed by atoms with Crippen LogP contribution in [-0.4, -0.2) is 38.5 Å². The molecule has 0 saturated heterocycles. The van der Waals surface area contributed by atoms with E-state index in [0.717, 1.165) is 11.1 Å². The summed E-state index contributed by atoms with van der Waals surface area (Å²) in [6.45, 7) is 2.55. The minimum Gasteiger partial charge on any atom is -0.449 e. The molecule has 0 fully saturated rings. The van der Waals surface area contributed by atoms with Gasteiger partial charge in [-0.05, 0) is 29.2 Å². The number of ether oxygens (including phenoxy) is 2. The quantitative estimate of drug-likeness (QED) is 0.592. The standard InChI is InChI=1S/C20H22N2O4/c1-2-25-13-22-19(23)11-21-20(24)26-12-18-16-9-5-3-7-14(16)15-8-4-6-10-17(15)18/h3-10,18H,2,11-13H2,1H3,(H,21,24)(H,22,23). The van der Waals surface area contributed by atoms with Crippen LogP contribution in [0.25, 0.3) is 11.1 Å². The van der Waals surface area contributed by atoms with E-state index in [1.54, 1.807) is 0 Å². The Bertz CT molecular complexity index is 745. The molecule has 6 heteroatoms. The first-order valence-corrected chi connectivity index (χ1v) is 8.64. The summed E-state index contributed by atoms with van der Waals surface area (Å²) in [6, 6.07) is 16.3. The lowest BCUT2D eigenvalue weighted by Crippen LogP contribution is -2.38. The lowest BCUT2D eigenvalue weighted by Gasteiger charge is -2.14. The second-order valence-corrected chi connectivity index (χ2v) is 5.92. The van der Waals surface area contributed by atoms with Crippen LogP contribution in [0.3, 0.4) is 0 Å². The van der Waals surface area contributed by atoms with Crippen LogP contribution in [0.4, 0.5) is 4.79 Å². The molecule has 1 aliphatic carbocycles. The third-order valence-corrected chi connectivity index (χ3v) is 4.31. The molecule has 0 aromatic heterocycles. The maximum absolute atomic E-state index is 11.9. The highest BCUT2D eigenvalue weighted by Crippen LogP contribution is 2.44. The fraction of sp³-hybridized carbons (Fsp3) is 0.300. The van der Waals surface area contributed by atoms with Gasteiger partial charge in [-0.15, -0.1) is 0 Å². The molecule has 0 radical (unpaired) electrons. The molecule has 0 bridgehead atoms. The lowest BCUT2D eigenvalue weighted by molar-refractivity contribution is -0.121. The molecule has 6 nitrogen and oxygen atoms in total. The third kappa shape index (κ3) is 4.03. The Kier molecular flexibility index (Phi) is 5.86. The van der Waals surface area contributed by atoms with Gasteiger partial charge in [0.15, 0.2) is 0 Å². The molecular weight excluding hydrogens is 332 g/mol. The molecule has 0 unspecified atom stereocenters. The Hall–Kier alpha value is -2.86. The number of alkyl carbamates (subject to hydrolysis) is 1. The van der Waals surface area contributed by atoms with Crippen LogP contribution in [0, 0.1) is 0 Å². The van der Waals surface area contributed by atoms with Crippen molar-refractivity contribution in [3.05, 3.63) is 59.7 Å². The second kappa shape index (κ2) is 8.49. The zero-order valence-corrected chi connectivity index (χ0v) is 14.7. The van der Waals surface area contributed by atoms with Gasteiger partial charge >= 0.3 is 6.09 Å². The van der Waals surface area contributed by atoms with Gasteiger partial charge in [0.05, 0.1) is 0 Å². The molecule has 1 aliphatic rings. The number of nitrogens with one attached hydrogen (secondary N) is 2. The van der Waals surface area contributed by atoms with E-state index in [1.807, 2.05) is 31.2 Å². The highest BCUT2D eigenvalue weighted by molar-refractivity contribution is 5.82. The fourth-order valence-corrected chi connectivity index (χ4v) is 3.10. The van der Waals surface area contributed by atoms with Gasteiger partial charge in [0.1, 0.15) is 19.9 Å². The minimum absolute atomic E-state index is 0.0000641. The number of benzene rings is 2. The first kappa shape index (κ1) is 17.9. The van der Waals surface area contributed by atoms with Gasteiger partial charge in [0.25, 0.3) is 0 Å². The van der Waals surface area contributed by atoms with Gasteiger partial charge in [-0.2, -0.15) is 0 Å². The molecule has 0 atom stereocenters. The van der Waals surface area contributed by atoms with E-state index in [1.165, 1.54) is 11.1 Å². The van der Waals surface area contributed by atoms with Crippen molar-refractivity contribution in [3.63, 3.8) is 0 Å². The molecule has 2 amide bonds. The molecule has 136 valence electrons. The molecule has 3 rings (SSSR count). The first-order chi connectivity index (χ1) is 12.7. The molecule has 0 saturated carbocycles.